The number of benzene rings is 1. The Kier molecular flexibility index (Phi) is 4.55. The second-order valence-corrected chi connectivity index (χ2v) is 6.52. The average Bonchev–Trinajstić information content (AvgIpc) is 3.15. The molecule has 3 rings (SSSR count). The minimum atomic E-state index is -0.588. The maximum Gasteiger partial charge on any atom is 0.417 e. The first-order chi connectivity index (χ1) is 11.5. The third kappa shape index (κ3) is 3.27. The smallest absolute Gasteiger partial charge is 0.417 e. The highest BCUT2D eigenvalue weighted by Gasteiger charge is 2.41. The predicted octanol–water partition coefficient (Wildman–Crippen LogP) is 1.82. The standard InChI is InChI=1S/C18H22N2O4/c1-12-3-4-14(9-13(12)2)5-6-16(21)19-8-7-15(10-19)20-17(22)11-24-18(20)23/h3-4,9,15H,5-8,10-11H2,1-2H3/t15-/m0/s1. The summed E-state index contributed by atoms with van der Waals surface area (Å²) in [6.45, 7) is 4.94. The molecular weight excluding hydrogens is 308 g/mol. The average molecular weight is 330 g/mol. The Hall–Kier alpha value is -2.37. The lowest BCUT2D eigenvalue weighted by Gasteiger charge is -2.20. The molecule has 0 aliphatic carbocycles. The molecule has 3 amide bonds. The Morgan fingerprint density at radius 2 is 2.04 bits per heavy atom. The molecule has 1 atom stereocenters. The number of imide groups is 1. The van der Waals surface area contributed by atoms with Gasteiger partial charge in [0.2, 0.25) is 5.91 Å². The van der Waals surface area contributed by atoms with Gasteiger partial charge in [-0.25, -0.2) is 9.69 Å². The fourth-order valence-corrected chi connectivity index (χ4v) is 3.26. The number of ether oxygens (including phenoxy) is 1. The molecule has 0 saturated carbocycles. The number of cyclic esters (lactones) is 1. The summed E-state index contributed by atoms with van der Waals surface area (Å²) in [5, 5.41) is 0. The van der Waals surface area contributed by atoms with Gasteiger partial charge >= 0.3 is 6.09 Å². The van der Waals surface area contributed by atoms with Crippen LogP contribution < -0.4 is 0 Å². The van der Waals surface area contributed by atoms with E-state index in [1.807, 2.05) is 0 Å². The van der Waals surface area contributed by atoms with Crippen molar-refractivity contribution in [2.45, 2.75) is 39.2 Å². The lowest BCUT2D eigenvalue weighted by molar-refractivity contribution is -0.131. The van der Waals surface area contributed by atoms with Gasteiger partial charge in [0, 0.05) is 19.5 Å². The van der Waals surface area contributed by atoms with Crippen molar-refractivity contribution in [2.24, 2.45) is 0 Å². The molecule has 2 aliphatic rings. The number of nitrogens with zero attached hydrogens (tertiary/aromatic N) is 2. The van der Waals surface area contributed by atoms with Crippen molar-refractivity contribution < 1.29 is 19.1 Å². The number of aryl methyl sites for hydroxylation is 3. The van der Waals surface area contributed by atoms with Crippen LogP contribution in [0.2, 0.25) is 0 Å². The highest BCUT2D eigenvalue weighted by molar-refractivity contribution is 5.98. The van der Waals surface area contributed by atoms with Crippen LogP contribution >= 0.6 is 0 Å². The summed E-state index contributed by atoms with van der Waals surface area (Å²) in [7, 11) is 0. The van der Waals surface area contributed by atoms with Gasteiger partial charge in [-0.1, -0.05) is 18.2 Å². The molecule has 0 radical (unpaired) electrons. The molecule has 6 nitrogen and oxygen atoms in total. The van der Waals surface area contributed by atoms with Crippen LogP contribution in [-0.2, 0) is 20.7 Å². The summed E-state index contributed by atoms with van der Waals surface area (Å²) in [5.74, 6) is -0.245. The van der Waals surface area contributed by atoms with Gasteiger partial charge in [0.1, 0.15) is 0 Å². The molecule has 24 heavy (non-hydrogen) atoms. The minimum absolute atomic E-state index is 0.0655. The van der Waals surface area contributed by atoms with Crippen LogP contribution in [0.15, 0.2) is 18.2 Å². The first-order valence-corrected chi connectivity index (χ1v) is 8.28. The van der Waals surface area contributed by atoms with Crippen molar-refractivity contribution in [2.75, 3.05) is 19.7 Å². The maximum absolute atomic E-state index is 12.4. The Balaban J connectivity index is 1.54. The van der Waals surface area contributed by atoms with Gasteiger partial charge in [-0.3, -0.25) is 9.59 Å². The van der Waals surface area contributed by atoms with Gasteiger partial charge in [0.25, 0.3) is 5.91 Å². The summed E-state index contributed by atoms with van der Waals surface area (Å²) in [6.07, 6.45) is 1.17. The molecule has 0 bridgehead atoms. The molecule has 0 N–H and O–H groups in total. The van der Waals surface area contributed by atoms with Gasteiger partial charge in [-0.05, 0) is 43.4 Å². The molecule has 2 saturated heterocycles. The molecule has 0 unspecified atom stereocenters. The summed E-state index contributed by atoms with van der Waals surface area (Å²) < 4.78 is 4.75. The van der Waals surface area contributed by atoms with Crippen LogP contribution in [0.1, 0.15) is 29.5 Å². The Bertz CT molecular complexity index is 670. The first kappa shape index (κ1) is 16.5. The largest absolute Gasteiger partial charge is 0.439 e. The zero-order valence-electron chi connectivity index (χ0n) is 14.1. The quantitative estimate of drug-likeness (QED) is 0.844. The summed E-state index contributed by atoms with van der Waals surface area (Å²) in [5.41, 5.74) is 3.63. The second-order valence-electron chi connectivity index (χ2n) is 6.52. The summed E-state index contributed by atoms with van der Waals surface area (Å²) in [6, 6.07) is 6.00. The first-order valence-electron chi connectivity index (χ1n) is 8.28. The zero-order valence-corrected chi connectivity index (χ0v) is 14.1. The Morgan fingerprint density at radius 1 is 1.25 bits per heavy atom. The number of amides is 3. The third-order valence-electron chi connectivity index (χ3n) is 4.86. The van der Waals surface area contributed by atoms with E-state index in [9.17, 15) is 14.4 Å². The van der Waals surface area contributed by atoms with Crippen molar-refractivity contribution in [3.8, 4) is 0 Å². The van der Waals surface area contributed by atoms with Crippen LogP contribution in [-0.4, -0.2) is 53.4 Å². The van der Waals surface area contributed by atoms with Gasteiger partial charge in [-0.2, -0.15) is 0 Å². The number of hydrogen-bond donors (Lipinski definition) is 0. The van der Waals surface area contributed by atoms with E-state index in [1.54, 1.807) is 4.90 Å². The molecule has 2 heterocycles. The van der Waals surface area contributed by atoms with Crippen LogP contribution in [0.3, 0.4) is 0 Å². The minimum Gasteiger partial charge on any atom is -0.439 e. The summed E-state index contributed by atoms with van der Waals surface area (Å²) >= 11 is 0. The molecule has 0 aromatic heterocycles. The lowest BCUT2D eigenvalue weighted by atomic mass is 10.0. The van der Waals surface area contributed by atoms with Crippen molar-refractivity contribution >= 4 is 17.9 Å². The molecule has 1 aromatic carbocycles. The van der Waals surface area contributed by atoms with E-state index in [0.717, 1.165) is 10.5 Å². The van der Waals surface area contributed by atoms with E-state index < -0.39 is 6.09 Å². The highest BCUT2D eigenvalue weighted by atomic mass is 16.6. The lowest BCUT2D eigenvalue weighted by Crippen LogP contribution is -2.42. The van der Waals surface area contributed by atoms with Gasteiger partial charge in [0.15, 0.2) is 6.61 Å². The number of rotatable bonds is 4. The molecule has 0 spiro atoms. The molecule has 6 heteroatoms. The molecule has 1 aromatic rings. The van der Waals surface area contributed by atoms with Gasteiger partial charge in [-0.15, -0.1) is 0 Å². The second kappa shape index (κ2) is 6.63. The zero-order chi connectivity index (χ0) is 17.3. The number of hydrogen-bond acceptors (Lipinski definition) is 4. The normalized spacial score (nSPS) is 20.7. The fourth-order valence-electron chi connectivity index (χ4n) is 3.26. The van der Waals surface area contributed by atoms with E-state index in [1.165, 1.54) is 11.1 Å². The monoisotopic (exact) mass is 330 g/mol. The van der Waals surface area contributed by atoms with Crippen LogP contribution in [0.5, 0.6) is 0 Å². The van der Waals surface area contributed by atoms with E-state index in [2.05, 4.69) is 32.0 Å². The highest BCUT2D eigenvalue weighted by Crippen LogP contribution is 2.21. The van der Waals surface area contributed by atoms with Gasteiger partial charge < -0.3 is 9.64 Å². The fraction of sp³-hybridized carbons (Fsp3) is 0.500. The van der Waals surface area contributed by atoms with E-state index >= 15 is 0 Å². The molecular formula is C18H22N2O4. The van der Waals surface area contributed by atoms with Crippen molar-refractivity contribution in [3.05, 3.63) is 34.9 Å². The van der Waals surface area contributed by atoms with Crippen molar-refractivity contribution in [1.29, 1.82) is 0 Å². The van der Waals surface area contributed by atoms with E-state index in [0.29, 0.717) is 32.4 Å². The molecule has 2 aliphatic heterocycles. The molecule has 128 valence electrons. The maximum atomic E-state index is 12.4. The van der Waals surface area contributed by atoms with Crippen LogP contribution in [0.25, 0.3) is 0 Å². The number of likely N-dealkylation sites (tertiary alicyclic amines) is 1. The Labute approximate surface area is 141 Å². The van der Waals surface area contributed by atoms with Crippen molar-refractivity contribution in [3.63, 3.8) is 0 Å². The van der Waals surface area contributed by atoms with Gasteiger partial charge in [0.05, 0.1) is 6.04 Å². The van der Waals surface area contributed by atoms with Crippen LogP contribution in [0, 0.1) is 13.8 Å². The SMILES string of the molecule is Cc1ccc(CCC(=O)N2CC[C@H](N3C(=O)COC3=O)C2)cc1C. The number of carbonyl (C=O) groups is 3. The predicted molar refractivity (Wildman–Crippen MR) is 87.4 cm³/mol. The number of carbonyl (C=O) groups excluding carboxylic acids is 3. The third-order valence-corrected chi connectivity index (χ3v) is 4.86. The summed E-state index contributed by atoms with van der Waals surface area (Å²) in [4.78, 5) is 38.6. The van der Waals surface area contributed by atoms with E-state index in [-0.39, 0.29) is 24.5 Å². The Morgan fingerprint density at radius 3 is 2.71 bits per heavy atom. The van der Waals surface area contributed by atoms with E-state index in [4.69, 9.17) is 4.74 Å². The molecule has 2 fully saturated rings. The topological polar surface area (TPSA) is 66.9 Å². The van der Waals surface area contributed by atoms with Crippen molar-refractivity contribution in [1.82, 2.24) is 9.80 Å². The van der Waals surface area contributed by atoms with Crippen LogP contribution in [0.4, 0.5) is 4.79 Å².